The van der Waals surface area contributed by atoms with Gasteiger partial charge in [-0.15, -0.1) is 0 Å². The van der Waals surface area contributed by atoms with Gasteiger partial charge in [-0.2, -0.15) is 0 Å². The molecule has 6 heteroatoms. The molecule has 1 aromatic carbocycles. The molecule has 0 saturated heterocycles. The average Bonchev–Trinajstić information content (AvgIpc) is 2.55. The van der Waals surface area contributed by atoms with E-state index >= 15 is 0 Å². The number of benzene rings is 1. The van der Waals surface area contributed by atoms with Crippen LogP contribution in [-0.2, 0) is 0 Å². The number of nitrogens with one attached hydrogen (secondary N) is 1. The van der Waals surface area contributed by atoms with Crippen LogP contribution >= 0.6 is 0 Å². The molecule has 1 atom stereocenters. The van der Waals surface area contributed by atoms with E-state index in [1.54, 1.807) is 7.11 Å². The van der Waals surface area contributed by atoms with E-state index in [2.05, 4.69) is 15.3 Å². The predicted octanol–water partition coefficient (Wildman–Crippen LogP) is 1.52. The van der Waals surface area contributed by atoms with Gasteiger partial charge < -0.3 is 15.0 Å². The molecule has 1 unspecified atom stereocenters. The number of hydrogen-bond donors (Lipinski definition) is 1. The van der Waals surface area contributed by atoms with Gasteiger partial charge in [-0.05, 0) is 20.2 Å². The first-order chi connectivity index (χ1) is 10.6. The van der Waals surface area contributed by atoms with E-state index in [1.165, 1.54) is 18.6 Å². The summed E-state index contributed by atoms with van der Waals surface area (Å²) in [4.78, 5) is 22.0. The van der Waals surface area contributed by atoms with Crippen LogP contribution in [0.4, 0.5) is 0 Å². The lowest BCUT2D eigenvalue weighted by molar-refractivity contribution is 0.0936. The maximum atomic E-state index is 12.1. The zero-order chi connectivity index (χ0) is 15.9. The molecule has 0 spiro atoms. The first-order valence-corrected chi connectivity index (χ1v) is 6.97. The highest BCUT2D eigenvalue weighted by Gasteiger charge is 2.19. The second-order valence-corrected chi connectivity index (χ2v) is 5.02. The van der Waals surface area contributed by atoms with Gasteiger partial charge >= 0.3 is 0 Å². The molecule has 1 amide bonds. The molecule has 6 nitrogen and oxygen atoms in total. The highest BCUT2D eigenvalue weighted by atomic mass is 16.5. The van der Waals surface area contributed by atoms with Crippen molar-refractivity contribution in [3.8, 4) is 5.75 Å². The monoisotopic (exact) mass is 300 g/mol. The Bertz CT molecular complexity index is 617. The van der Waals surface area contributed by atoms with Crippen molar-refractivity contribution in [3.05, 3.63) is 54.1 Å². The first kappa shape index (κ1) is 15.9. The molecule has 116 valence electrons. The third-order valence-corrected chi connectivity index (χ3v) is 3.37. The standard InChI is InChI=1S/C16H20N4O2/c1-20(2)14(12-6-4-5-7-15(12)22-3)11-19-16(21)13-10-17-8-9-18-13/h4-10,14H,11H2,1-3H3,(H,19,21). The molecule has 2 aromatic rings. The number of carbonyl (C=O) groups excluding carboxylic acids is 1. The molecule has 0 bridgehead atoms. The van der Waals surface area contributed by atoms with E-state index in [1.807, 2.05) is 43.3 Å². The molecule has 2 rings (SSSR count). The minimum atomic E-state index is -0.241. The maximum absolute atomic E-state index is 12.1. The second-order valence-electron chi connectivity index (χ2n) is 5.02. The van der Waals surface area contributed by atoms with Crippen molar-refractivity contribution < 1.29 is 9.53 Å². The topological polar surface area (TPSA) is 67.3 Å². The van der Waals surface area contributed by atoms with E-state index in [-0.39, 0.29) is 11.9 Å². The Kier molecular flexibility index (Phi) is 5.43. The molecule has 0 aliphatic rings. The van der Waals surface area contributed by atoms with Crippen molar-refractivity contribution in [2.75, 3.05) is 27.7 Å². The lowest BCUT2D eigenvalue weighted by atomic mass is 10.0. The predicted molar refractivity (Wildman–Crippen MR) is 83.8 cm³/mol. The lowest BCUT2D eigenvalue weighted by Gasteiger charge is -2.26. The Morgan fingerprint density at radius 3 is 2.73 bits per heavy atom. The van der Waals surface area contributed by atoms with Crippen molar-refractivity contribution in [1.82, 2.24) is 20.2 Å². The van der Waals surface area contributed by atoms with Gasteiger partial charge in [0.25, 0.3) is 5.91 Å². The molecular formula is C16H20N4O2. The number of rotatable bonds is 6. The van der Waals surface area contributed by atoms with Crippen molar-refractivity contribution >= 4 is 5.91 Å². The molecule has 22 heavy (non-hydrogen) atoms. The van der Waals surface area contributed by atoms with Crippen LogP contribution in [-0.4, -0.2) is 48.5 Å². The number of hydrogen-bond acceptors (Lipinski definition) is 5. The number of aromatic nitrogens is 2. The van der Waals surface area contributed by atoms with Gasteiger partial charge in [-0.1, -0.05) is 18.2 Å². The Labute approximate surface area is 130 Å². The van der Waals surface area contributed by atoms with E-state index in [0.29, 0.717) is 12.2 Å². The van der Waals surface area contributed by atoms with Crippen LogP contribution in [0.1, 0.15) is 22.1 Å². The molecule has 1 heterocycles. The maximum Gasteiger partial charge on any atom is 0.271 e. The third-order valence-electron chi connectivity index (χ3n) is 3.37. The number of amides is 1. The molecule has 1 N–H and O–H groups in total. The largest absolute Gasteiger partial charge is 0.496 e. The van der Waals surface area contributed by atoms with Crippen LogP contribution in [0.5, 0.6) is 5.75 Å². The number of nitrogens with zero attached hydrogens (tertiary/aromatic N) is 3. The van der Waals surface area contributed by atoms with Crippen molar-refractivity contribution in [2.24, 2.45) is 0 Å². The zero-order valence-corrected chi connectivity index (χ0v) is 13.0. The number of para-hydroxylation sites is 1. The summed E-state index contributed by atoms with van der Waals surface area (Å²) in [5.74, 6) is 0.560. The first-order valence-electron chi connectivity index (χ1n) is 6.97. The molecule has 0 aliphatic heterocycles. The molecule has 0 fully saturated rings. The highest BCUT2D eigenvalue weighted by molar-refractivity contribution is 5.91. The van der Waals surface area contributed by atoms with Gasteiger partial charge in [-0.3, -0.25) is 9.78 Å². The van der Waals surface area contributed by atoms with Gasteiger partial charge in [0.2, 0.25) is 0 Å². The summed E-state index contributed by atoms with van der Waals surface area (Å²) in [6, 6.07) is 7.79. The normalized spacial score (nSPS) is 12.0. The fraction of sp³-hybridized carbons (Fsp3) is 0.312. The Morgan fingerprint density at radius 2 is 2.09 bits per heavy atom. The van der Waals surface area contributed by atoms with Crippen molar-refractivity contribution in [2.45, 2.75) is 6.04 Å². The van der Waals surface area contributed by atoms with E-state index in [9.17, 15) is 4.79 Å². The van der Waals surface area contributed by atoms with Crippen LogP contribution in [0.25, 0.3) is 0 Å². The van der Waals surface area contributed by atoms with Gasteiger partial charge in [0.05, 0.1) is 19.3 Å². The summed E-state index contributed by atoms with van der Waals surface area (Å²) in [6.07, 6.45) is 4.48. The summed E-state index contributed by atoms with van der Waals surface area (Å²) >= 11 is 0. The van der Waals surface area contributed by atoms with Crippen LogP contribution in [0.15, 0.2) is 42.9 Å². The highest BCUT2D eigenvalue weighted by Crippen LogP contribution is 2.27. The van der Waals surface area contributed by atoms with Gasteiger partial charge in [0, 0.05) is 24.5 Å². The summed E-state index contributed by atoms with van der Waals surface area (Å²) in [5.41, 5.74) is 1.33. The van der Waals surface area contributed by atoms with Crippen LogP contribution in [0, 0.1) is 0 Å². The summed E-state index contributed by atoms with van der Waals surface area (Å²) in [5, 5.41) is 2.89. The van der Waals surface area contributed by atoms with Crippen LogP contribution in [0.2, 0.25) is 0 Å². The van der Waals surface area contributed by atoms with Gasteiger partial charge in [0.15, 0.2) is 0 Å². The molecule has 0 saturated carbocycles. The van der Waals surface area contributed by atoms with Gasteiger partial charge in [-0.25, -0.2) is 4.98 Å². The summed E-state index contributed by atoms with van der Waals surface area (Å²) in [7, 11) is 5.57. The number of carbonyl (C=O) groups is 1. The summed E-state index contributed by atoms with van der Waals surface area (Å²) in [6.45, 7) is 0.447. The SMILES string of the molecule is COc1ccccc1C(CNC(=O)c1cnccn1)N(C)C. The fourth-order valence-electron chi connectivity index (χ4n) is 2.21. The second kappa shape index (κ2) is 7.51. The third kappa shape index (κ3) is 3.79. The number of likely N-dealkylation sites (N-methyl/N-ethyl adjacent to an activating group) is 1. The van der Waals surface area contributed by atoms with E-state index in [0.717, 1.165) is 11.3 Å². The van der Waals surface area contributed by atoms with Crippen LogP contribution < -0.4 is 10.1 Å². The average molecular weight is 300 g/mol. The van der Waals surface area contributed by atoms with Crippen molar-refractivity contribution in [3.63, 3.8) is 0 Å². The quantitative estimate of drug-likeness (QED) is 0.876. The fourth-order valence-corrected chi connectivity index (χ4v) is 2.21. The van der Waals surface area contributed by atoms with Crippen molar-refractivity contribution in [1.29, 1.82) is 0 Å². The Hall–Kier alpha value is -2.47. The molecular weight excluding hydrogens is 280 g/mol. The number of methoxy groups -OCH3 is 1. The lowest BCUT2D eigenvalue weighted by Crippen LogP contribution is -2.35. The van der Waals surface area contributed by atoms with E-state index in [4.69, 9.17) is 4.74 Å². The van der Waals surface area contributed by atoms with Crippen LogP contribution in [0.3, 0.4) is 0 Å². The molecule has 1 aromatic heterocycles. The minimum absolute atomic E-state index is 0.00299. The summed E-state index contributed by atoms with van der Waals surface area (Å²) < 4.78 is 5.41. The zero-order valence-electron chi connectivity index (χ0n) is 13.0. The van der Waals surface area contributed by atoms with Gasteiger partial charge in [0.1, 0.15) is 11.4 Å². The Balaban J connectivity index is 2.11. The minimum Gasteiger partial charge on any atom is -0.496 e. The smallest absolute Gasteiger partial charge is 0.271 e. The Morgan fingerprint density at radius 1 is 1.32 bits per heavy atom. The van der Waals surface area contributed by atoms with E-state index < -0.39 is 0 Å². The molecule has 0 aliphatic carbocycles. The molecule has 0 radical (unpaired) electrons. The number of ether oxygens (including phenoxy) is 1.